The third-order valence-electron chi connectivity index (χ3n) is 9.53. The first kappa shape index (κ1) is 26.2. The molecule has 0 spiro atoms. The Morgan fingerprint density at radius 3 is 2.24 bits per heavy atom. The van der Waals surface area contributed by atoms with Gasteiger partial charge in [-0.2, -0.15) is 0 Å². The number of halogens is 1. The van der Waals surface area contributed by atoms with Gasteiger partial charge in [-0.3, -0.25) is 4.79 Å². The summed E-state index contributed by atoms with van der Waals surface area (Å²) in [6.45, 7) is 2.59. The first-order valence-corrected chi connectivity index (χ1v) is 14.7. The molecule has 0 radical (unpaired) electrons. The van der Waals surface area contributed by atoms with E-state index in [1.54, 1.807) is 0 Å². The molecule has 0 saturated heterocycles. The lowest BCUT2D eigenvalue weighted by Gasteiger charge is -2.55. The number of hydrogen-bond donors (Lipinski definition) is 1. The lowest BCUT2D eigenvalue weighted by Crippen LogP contribution is -2.51. The molecule has 4 nitrogen and oxygen atoms in total. The Balaban J connectivity index is 1.41. The Kier molecular flexibility index (Phi) is 7.63. The highest BCUT2D eigenvalue weighted by molar-refractivity contribution is 9.10. The molecule has 4 aliphatic rings. The molecule has 5 heteroatoms. The van der Waals surface area contributed by atoms with Gasteiger partial charge in [0.1, 0.15) is 0 Å². The molecular weight excluding hydrogens is 526 g/mol. The molecule has 0 unspecified atom stereocenters. The van der Waals surface area contributed by atoms with Crippen LogP contribution in [0.5, 0.6) is 0 Å². The number of amides is 1. The second-order valence-corrected chi connectivity index (χ2v) is 12.7. The molecule has 2 aromatic carbocycles. The van der Waals surface area contributed by atoms with Gasteiger partial charge in [-0.05, 0) is 110 Å². The van der Waals surface area contributed by atoms with E-state index in [1.807, 2.05) is 31.2 Å². The third kappa shape index (κ3) is 5.57. The molecule has 4 aliphatic carbocycles. The standard InChI is InChI=1S/C32H38BrNO3/c1-23(20-29(35)36)25-8-5-9-28(21-25)34(30(37)24-6-3-2-4-7-24)22-31-14-17-32(18-15-31,19-16-31)26-10-12-27(33)13-11-26/h5,8-13,20-21,24H,2-4,6-7,14-19,22H2,1H3,(H,35,36)/b23-20+. The van der Waals surface area contributed by atoms with E-state index < -0.39 is 5.97 Å². The molecule has 37 heavy (non-hydrogen) atoms. The van der Waals surface area contributed by atoms with E-state index >= 15 is 0 Å². The summed E-state index contributed by atoms with van der Waals surface area (Å²) in [4.78, 5) is 27.4. The quantitative estimate of drug-likeness (QED) is 0.346. The van der Waals surface area contributed by atoms with E-state index in [-0.39, 0.29) is 22.7 Å². The minimum atomic E-state index is -0.949. The topological polar surface area (TPSA) is 57.6 Å². The van der Waals surface area contributed by atoms with E-state index in [1.165, 1.54) is 37.3 Å². The fourth-order valence-corrected chi connectivity index (χ4v) is 7.39. The summed E-state index contributed by atoms with van der Waals surface area (Å²) in [6, 6.07) is 16.9. The summed E-state index contributed by atoms with van der Waals surface area (Å²) >= 11 is 3.58. The Labute approximate surface area is 229 Å². The van der Waals surface area contributed by atoms with Crippen LogP contribution in [0.15, 0.2) is 59.1 Å². The van der Waals surface area contributed by atoms with Gasteiger partial charge in [-0.25, -0.2) is 4.79 Å². The van der Waals surface area contributed by atoms with Crippen LogP contribution in [0.1, 0.15) is 88.7 Å². The van der Waals surface area contributed by atoms with Gasteiger partial charge in [0.15, 0.2) is 0 Å². The smallest absolute Gasteiger partial charge is 0.328 e. The molecule has 1 N–H and O–H groups in total. The maximum atomic E-state index is 14.0. The SMILES string of the molecule is C/C(=C\C(=O)O)c1cccc(N(CC23CCC(c4ccc(Br)cc4)(CC2)CC3)C(=O)C2CCCCC2)c1. The predicted octanol–water partition coefficient (Wildman–Crippen LogP) is 8.14. The maximum absolute atomic E-state index is 14.0. The van der Waals surface area contributed by atoms with Crippen LogP contribution in [0.25, 0.3) is 5.57 Å². The van der Waals surface area contributed by atoms with Gasteiger partial charge in [0.2, 0.25) is 5.91 Å². The van der Waals surface area contributed by atoms with Crippen molar-refractivity contribution in [1.82, 2.24) is 0 Å². The zero-order valence-electron chi connectivity index (χ0n) is 21.8. The van der Waals surface area contributed by atoms with Crippen molar-refractivity contribution < 1.29 is 14.7 Å². The molecule has 2 aromatic rings. The van der Waals surface area contributed by atoms with Crippen LogP contribution >= 0.6 is 15.9 Å². The summed E-state index contributed by atoms with van der Waals surface area (Å²) < 4.78 is 1.13. The number of carbonyl (C=O) groups excluding carboxylic acids is 1. The summed E-state index contributed by atoms with van der Waals surface area (Å²) in [6.07, 6.45) is 13.7. The Hall–Kier alpha value is -2.40. The number of rotatable bonds is 7. The van der Waals surface area contributed by atoms with Gasteiger partial charge < -0.3 is 10.0 Å². The first-order chi connectivity index (χ1) is 17.8. The fourth-order valence-electron chi connectivity index (χ4n) is 7.13. The van der Waals surface area contributed by atoms with E-state index in [4.69, 9.17) is 0 Å². The van der Waals surface area contributed by atoms with Crippen LogP contribution in [0, 0.1) is 11.3 Å². The molecule has 196 valence electrons. The number of nitrogens with zero attached hydrogens (tertiary/aromatic N) is 1. The molecule has 4 saturated carbocycles. The van der Waals surface area contributed by atoms with E-state index in [9.17, 15) is 14.7 Å². The lowest BCUT2D eigenvalue weighted by molar-refractivity contribution is -0.131. The van der Waals surface area contributed by atoms with Gasteiger partial charge in [-0.15, -0.1) is 0 Å². The van der Waals surface area contributed by atoms with Crippen LogP contribution in [-0.4, -0.2) is 23.5 Å². The minimum absolute atomic E-state index is 0.0958. The predicted molar refractivity (Wildman–Crippen MR) is 153 cm³/mol. The van der Waals surface area contributed by atoms with Crippen molar-refractivity contribution in [3.63, 3.8) is 0 Å². The number of benzene rings is 2. The number of fused-ring (bicyclic) bond motifs is 3. The van der Waals surface area contributed by atoms with Crippen molar-refractivity contribution in [3.05, 3.63) is 70.2 Å². The van der Waals surface area contributed by atoms with Crippen LogP contribution in [-0.2, 0) is 15.0 Å². The Bertz CT molecular complexity index is 1150. The fraction of sp³-hybridized carbons (Fsp3) is 0.500. The normalized spacial score (nSPS) is 26.2. The van der Waals surface area contributed by atoms with Crippen molar-refractivity contribution in [2.45, 2.75) is 83.0 Å². The summed E-state index contributed by atoms with van der Waals surface area (Å²) in [5.41, 5.74) is 4.37. The first-order valence-electron chi connectivity index (χ1n) is 13.9. The number of anilines is 1. The highest BCUT2D eigenvalue weighted by Crippen LogP contribution is 2.58. The number of carboxylic acids is 1. The number of carboxylic acid groups (broad SMARTS) is 1. The Morgan fingerprint density at radius 1 is 0.973 bits per heavy atom. The van der Waals surface area contributed by atoms with Crippen molar-refractivity contribution in [2.75, 3.05) is 11.4 Å². The average molecular weight is 565 g/mol. The molecule has 6 rings (SSSR count). The van der Waals surface area contributed by atoms with Gasteiger partial charge >= 0.3 is 5.97 Å². The van der Waals surface area contributed by atoms with Crippen molar-refractivity contribution >= 4 is 39.1 Å². The van der Waals surface area contributed by atoms with Crippen LogP contribution in [0.3, 0.4) is 0 Å². The molecule has 2 bridgehead atoms. The zero-order chi connectivity index (χ0) is 26.0. The van der Waals surface area contributed by atoms with Gasteiger partial charge in [0.25, 0.3) is 0 Å². The number of aliphatic carboxylic acids is 1. The monoisotopic (exact) mass is 563 g/mol. The lowest BCUT2D eigenvalue weighted by atomic mass is 9.51. The molecule has 1 amide bonds. The summed E-state index contributed by atoms with van der Waals surface area (Å²) in [5.74, 6) is -0.587. The van der Waals surface area contributed by atoms with Gasteiger partial charge in [-0.1, -0.05) is 59.5 Å². The summed E-state index contributed by atoms with van der Waals surface area (Å²) in [5, 5.41) is 9.24. The highest BCUT2D eigenvalue weighted by atomic mass is 79.9. The average Bonchev–Trinajstić information content (AvgIpc) is 2.93. The van der Waals surface area contributed by atoms with E-state index in [0.717, 1.165) is 67.2 Å². The van der Waals surface area contributed by atoms with Crippen LogP contribution < -0.4 is 4.90 Å². The minimum Gasteiger partial charge on any atom is -0.478 e. The largest absolute Gasteiger partial charge is 0.478 e. The molecule has 0 atom stereocenters. The number of allylic oxidation sites excluding steroid dienone is 1. The number of hydrogen-bond acceptors (Lipinski definition) is 2. The maximum Gasteiger partial charge on any atom is 0.328 e. The highest BCUT2D eigenvalue weighted by Gasteiger charge is 2.50. The van der Waals surface area contributed by atoms with E-state index in [0.29, 0.717) is 5.57 Å². The number of carbonyl (C=O) groups is 2. The molecule has 0 aromatic heterocycles. The van der Waals surface area contributed by atoms with Crippen molar-refractivity contribution in [3.8, 4) is 0 Å². The van der Waals surface area contributed by atoms with Crippen molar-refractivity contribution in [2.24, 2.45) is 11.3 Å². The molecule has 0 heterocycles. The molecule has 4 fully saturated rings. The molecular formula is C32H38BrNO3. The summed E-state index contributed by atoms with van der Waals surface area (Å²) in [7, 11) is 0. The molecule has 0 aliphatic heterocycles. The van der Waals surface area contributed by atoms with Gasteiger partial charge in [0.05, 0.1) is 0 Å². The van der Waals surface area contributed by atoms with Gasteiger partial charge in [0, 0.05) is 28.7 Å². The second kappa shape index (κ2) is 10.8. The van der Waals surface area contributed by atoms with Crippen molar-refractivity contribution in [1.29, 1.82) is 0 Å². The van der Waals surface area contributed by atoms with Crippen LogP contribution in [0.2, 0.25) is 0 Å². The van der Waals surface area contributed by atoms with E-state index in [2.05, 4.69) is 45.1 Å². The Morgan fingerprint density at radius 2 is 1.62 bits per heavy atom. The van der Waals surface area contributed by atoms with Crippen LogP contribution in [0.4, 0.5) is 5.69 Å². The third-order valence-corrected chi connectivity index (χ3v) is 10.1. The zero-order valence-corrected chi connectivity index (χ0v) is 23.4. The second-order valence-electron chi connectivity index (χ2n) is 11.8.